The molecular formula is C15H17N3O2S. The highest BCUT2D eigenvalue weighted by Crippen LogP contribution is 2.28. The first-order valence-electron chi connectivity index (χ1n) is 6.79. The maximum absolute atomic E-state index is 11.4. The summed E-state index contributed by atoms with van der Waals surface area (Å²) in [4.78, 5) is 9.07. The van der Waals surface area contributed by atoms with Gasteiger partial charge in [0.1, 0.15) is 5.82 Å². The van der Waals surface area contributed by atoms with E-state index in [4.69, 9.17) is 0 Å². The Morgan fingerprint density at radius 3 is 2.43 bits per heavy atom. The first kappa shape index (κ1) is 14.2. The van der Waals surface area contributed by atoms with Crippen LogP contribution in [0.2, 0.25) is 0 Å². The molecular weight excluding hydrogens is 286 g/mol. The van der Waals surface area contributed by atoms with E-state index in [0.717, 1.165) is 22.8 Å². The monoisotopic (exact) mass is 303 g/mol. The van der Waals surface area contributed by atoms with Gasteiger partial charge in [0.05, 0.1) is 11.9 Å². The molecule has 110 valence electrons. The number of aromatic nitrogens is 2. The molecule has 0 N–H and O–H groups in total. The first-order valence-corrected chi connectivity index (χ1v) is 8.64. The summed E-state index contributed by atoms with van der Waals surface area (Å²) in [5.41, 5.74) is 2.83. The van der Waals surface area contributed by atoms with Gasteiger partial charge in [0.2, 0.25) is 10.0 Å². The van der Waals surface area contributed by atoms with Crippen molar-refractivity contribution in [2.24, 2.45) is 0 Å². The van der Waals surface area contributed by atoms with Gasteiger partial charge in [-0.1, -0.05) is 30.3 Å². The minimum absolute atomic E-state index is 0.0853. The fourth-order valence-corrected chi connectivity index (χ4v) is 3.30. The fourth-order valence-electron chi connectivity index (χ4n) is 2.40. The summed E-state index contributed by atoms with van der Waals surface area (Å²) >= 11 is 0. The summed E-state index contributed by atoms with van der Waals surface area (Å²) < 4.78 is 24.3. The van der Waals surface area contributed by atoms with E-state index in [9.17, 15) is 8.42 Å². The Morgan fingerprint density at radius 2 is 1.81 bits per heavy atom. The van der Waals surface area contributed by atoms with Crippen molar-refractivity contribution in [1.82, 2.24) is 14.3 Å². The maximum Gasteiger partial charge on any atom is 0.211 e. The molecule has 2 aromatic rings. The van der Waals surface area contributed by atoms with Crippen LogP contribution >= 0.6 is 0 Å². The summed E-state index contributed by atoms with van der Waals surface area (Å²) in [5.74, 6) is 0.816. The normalized spacial score (nSPS) is 16.7. The van der Waals surface area contributed by atoms with Gasteiger partial charge >= 0.3 is 0 Å². The molecule has 5 nitrogen and oxygen atoms in total. The number of sulfonamides is 1. The van der Waals surface area contributed by atoms with Gasteiger partial charge in [-0.05, 0) is 13.0 Å². The topological polar surface area (TPSA) is 63.2 Å². The van der Waals surface area contributed by atoms with Gasteiger partial charge in [0.15, 0.2) is 0 Å². The van der Waals surface area contributed by atoms with Crippen molar-refractivity contribution in [2.45, 2.75) is 12.8 Å². The van der Waals surface area contributed by atoms with E-state index in [-0.39, 0.29) is 5.92 Å². The summed E-state index contributed by atoms with van der Waals surface area (Å²) in [6.45, 7) is 2.87. The molecule has 1 saturated heterocycles. The smallest absolute Gasteiger partial charge is 0.211 e. The Hall–Kier alpha value is -1.79. The minimum atomic E-state index is -3.10. The van der Waals surface area contributed by atoms with E-state index in [2.05, 4.69) is 9.97 Å². The quantitative estimate of drug-likeness (QED) is 0.867. The molecule has 1 aliphatic rings. The number of hydrogen-bond acceptors (Lipinski definition) is 4. The van der Waals surface area contributed by atoms with Crippen LogP contribution in [0.5, 0.6) is 0 Å². The van der Waals surface area contributed by atoms with E-state index >= 15 is 0 Å². The summed E-state index contributed by atoms with van der Waals surface area (Å²) in [6.07, 6.45) is 1.23. The average Bonchev–Trinajstić information content (AvgIpc) is 2.35. The maximum atomic E-state index is 11.4. The van der Waals surface area contributed by atoms with Gasteiger partial charge in [-0.15, -0.1) is 0 Å². The Morgan fingerprint density at radius 1 is 1.14 bits per heavy atom. The third-order valence-electron chi connectivity index (χ3n) is 3.62. The number of aryl methyl sites for hydroxylation is 1. The molecule has 21 heavy (non-hydrogen) atoms. The lowest BCUT2D eigenvalue weighted by Crippen LogP contribution is -2.48. The number of rotatable bonds is 3. The minimum Gasteiger partial charge on any atom is -0.238 e. The molecule has 0 saturated carbocycles. The molecule has 0 bridgehead atoms. The lowest BCUT2D eigenvalue weighted by molar-refractivity contribution is 0.257. The molecule has 3 rings (SSSR count). The number of hydrogen-bond donors (Lipinski definition) is 0. The average molecular weight is 303 g/mol. The van der Waals surface area contributed by atoms with Crippen LogP contribution in [0.25, 0.3) is 11.3 Å². The molecule has 1 aliphatic heterocycles. The van der Waals surface area contributed by atoms with Gasteiger partial charge < -0.3 is 0 Å². The van der Waals surface area contributed by atoms with Crippen LogP contribution in [0, 0.1) is 6.92 Å². The molecule has 2 heterocycles. The third-order valence-corrected chi connectivity index (χ3v) is 4.86. The molecule has 0 spiro atoms. The second-order valence-electron chi connectivity index (χ2n) is 5.40. The predicted molar refractivity (Wildman–Crippen MR) is 81.4 cm³/mol. The Balaban J connectivity index is 1.87. The van der Waals surface area contributed by atoms with Gasteiger partial charge in [-0.2, -0.15) is 0 Å². The van der Waals surface area contributed by atoms with E-state index in [1.54, 1.807) is 0 Å². The molecule has 0 atom stereocenters. The van der Waals surface area contributed by atoms with E-state index in [1.165, 1.54) is 10.6 Å². The Kier molecular flexibility index (Phi) is 3.51. The Bertz CT molecular complexity index is 754. The van der Waals surface area contributed by atoms with Gasteiger partial charge in [-0.3, -0.25) is 0 Å². The molecule has 0 amide bonds. The van der Waals surface area contributed by atoms with Crippen molar-refractivity contribution in [3.8, 4) is 11.3 Å². The fraction of sp³-hybridized carbons (Fsp3) is 0.333. The van der Waals surface area contributed by atoms with Crippen LogP contribution in [-0.4, -0.2) is 42.0 Å². The van der Waals surface area contributed by atoms with Crippen LogP contribution in [0.1, 0.15) is 17.4 Å². The molecule has 6 heteroatoms. The molecule has 1 aromatic heterocycles. The van der Waals surface area contributed by atoms with E-state index in [0.29, 0.717) is 13.1 Å². The zero-order chi connectivity index (χ0) is 15.0. The van der Waals surface area contributed by atoms with Crippen LogP contribution < -0.4 is 0 Å². The van der Waals surface area contributed by atoms with Crippen molar-refractivity contribution in [3.05, 3.63) is 47.9 Å². The van der Waals surface area contributed by atoms with Gasteiger partial charge in [-0.25, -0.2) is 22.7 Å². The lowest BCUT2D eigenvalue weighted by Gasteiger charge is -2.36. The number of benzene rings is 1. The summed E-state index contributed by atoms with van der Waals surface area (Å²) in [7, 11) is -3.10. The van der Waals surface area contributed by atoms with Gasteiger partial charge in [0, 0.05) is 30.3 Å². The van der Waals surface area contributed by atoms with E-state index < -0.39 is 10.0 Å². The molecule has 1 aromatic carbocycles. The van der Waals surface area contributed by atoms with Crippen molar-refractivity contribution in [1.29, 1.82) is 0 Å². The van der Waals surface area contributed by atoms with Crippen molar-refractivity contribution >= 4 is 10.0 Å². The summed E-state index contributed by atoms with van der Waals surface area (Å²) in [5, 5.41) is 0. The van der Waals surface area contributed by atoms with E-state index in [1.807, 2.05) is 43.3 Å². The zero-order valence-electron chi connectivity index (χ0n) is 12.0. The molecule has 0 unspecified atom stereocenters. The van der Waals surface area contributed by atoms with Crippen LogP contribution in [0.3, 0.4) is 0 Å². The first-order chi connectivity index (χ1) is 9.93. The predicted octanol–water partition coefficient (Wildman–Crippen LogP) is 1.81. The largest absolute Gasteiger partial charge is 0.238 e. The summed E-state index contributed by atoms with van der Waals surface area (Å²) in [6, 6.07) is 11.9. The zero-order valence-corrected chi connectivity index (χ0v) is 12.8. The van der Waals surface area contributed by atoms with Crippen molar-refractivity contribution in [2.75, 3.05) is 19.3 Å². The molecule has 0 radical (unpaired) electrons. The van der Waals surface area contributed by atoms with Crippen molar-refractivity contribution in [3.63, 3.8) is 0 Å². The van der Waals surface area contributed by atoms with Crippen LogP contribution in [0.15, 0.2) is 36.4 Å². The Labute approximate surface area is 124 Å². The SMILES string of the molecule is Cc1cc(-c2ccccc2)nc(C2CN(S(C)(=O)=O)C2)n1. The molecule has 0 aliphatic carbocycles. The highest BCUT2D eigenvalue weighted by molar-refractivity contribution is 7.88. The highest BCUT2D eigenvalue weighted by Gasteiger charge is 2.36. The number of nitrogens with zero attached hydrogens (tertiary/aromatic N) is 3. The lowest BCUT2D eigenvalue weighted by atomic mass is 10.0. The standard InChI is InChI=1S/C15H17N3O2S/c1-11-8-14(12-6-4-3-5-7-12)17-15(16-11)13-9-18(10-13)21(2,19)20/h3-8,13H,9-10H2,1-2H3. The van der Waals surface area contributed by atoms with Crippen molar-refractivity contribution < 1.29 is 8.42 Å². The van der Waals surface area contributed by atoms with Crippen LogP contribution in [-0.2, 0) is 10.0 Å². The highest BCUT2D eigenvalue weighted by atomic mass is 32.2. The second kappa shape index (κ2) is 5.20. The molecule has 1 fully saturated rings. The van der Waals surface area contributed by atoms with Gasteiger partial charge in [0.25, 0.3) is 0 Å². The van der Waals surface area contributed by atoms with Crippen LogP contribution in [0.4, 0.5) is 0 Å². The third kappa shape index (κ3) is 2.96. The second-order valence-corrected chi connectivity index (χ2v) is 7.38.